The van der Waals surface area contributed by atoms with Crippen LogP contribution in [-0.2, 0) is 9.53 Å². The molecule has 1 aliphatic heterocycles. The van der Waals surface area contributed by atoms with Gasteiger partial charge in [0.2, 0.25) is 0 Å². The zero-order valence-electron chi connectivity index (χ0n) is 13.3. The fourth-order valence-corrected chi connectivity index (χ4v) is 2.60. The average Bonchev–Trinajstić information content (AvgIpc) is 3.15. The van der Waals surface area contributed by atoms with Crippen LogP contribution in [0.15, 0.2) is 54.6 Å². The molecule has 0 radical (unpaired) electrons. The Bertz CT molecular complexity index is 708. The number of para-hydroxylation sites is 2. The lowest BCUT2D eigenvalue weighted by Crippen LogP contribution is -2.32. The van der Waals surface area contributed by atoms with Gasteiger partial charge in [0.25, 0.3) is 5.91 Å². The molecule has 3 rings (SSSR count). The van der Waals surface area contributed by atoms with Crippen LogP contribution < -0.4 is 4.74 Å². The van der Waals surface area contributed by atoms with E-state index >= 15 is 0 Å². The van der Waals surface area contributed by atoms with Crippen molar-refractivity contribution in [1.29, 1.82) is 0 Å². The lowest BCUT2D eigenvalue weighted by Gasteiger charge is -2.15. The summed E-state index contributed by atoms with van der Waals surface area (Å²) in [7, 11) is 0. The first kappa shape index (κ1) is 16.1. The van der Waals surface area contributed by atoms with Gasteiger partial charge in [0.1, 0.15) is 17.1 Å². The summed E-state index contributed by atoms with van der Waals surface area (Å²) < 4.78 is 10.9. The fraction of sp³-hybridized carbons (Fsp3) is 0.263. The molecule has 0 atom stereocenters. The minimum Gasteiger partial charge on any atom is -0.456 e. The molecule has 124 valence electrons. The van der Waals surface area contributed by atoms with Crippen LogP contribution in [0.5, 0.6) is 11.5 Å². The van der Waals surface area contributed by atoms with Crippen molar-refractivity contribution in [3.05, 3.63) is 60.2 Å². The number of ether oxygens (including phenoxy) is 2. The van der Waals surface area contributed by atoms with Gasteiger partial charge in [-0.2, -0.15) is 0 Å². The van der Waals surface area contributed by atoms with Crippen LogP contribution in [0.25, 0.3) is 0 Å². The third-order valence-electron chi connectivity index (χ3n) is 3.86. The van der Waals surface area contributed by atoms with E-state index in [1.54, 1.807) is 41.3 Å². The normalized spacial score (nSPS) is 13.6. The van der Waals surface area contributed by atoms with Crippen LogP contribution in [0, 0.1) is 0 Å². The summed E-state index contributed by atoms with van der Waals surface area (Å²) in [5.74, 6) is 0.324. The molecule has 0 N–H and O–H groups in total. The molecule has 1 heterocycles. The predicted octanol–water partition coefficient (Wildman–Crippen LogP) is 3.26. The molecule has 2 aromatic rings. The maximum absolute atomic E-state index is 12.3. The Hall–Kier alpha value is -2.82. The van der Waals surface area contributed by atoms with Crippen LogP contribution in [-0.4, -0.2) is 36.5 Å². The lowest BCUT2D eigenvalue weighted by molar-refractivity contribution is -0.133. The molecule has 5 heteroatoms. The minimum absolute atomic E-state index is 0.151. The fourth-order valence-electron chi connectivity index (χ4n) is 2.60. The molecule has 0 unspecified atom stereocenters. The molecule has 1 fully saturated rings. The summed E-state index contributed by atoms with van der Waals surface area (Å²) >= 11 is 0. The van der Waals surface area contributed by atoms with Gasteiger partial charge in [-0.1, -0.05) is 30.3 Å². The summed E-state index contributed by atoms with van der Waals surface area (Å²) in [5.41, 5.74) is 0.301. The SMILES string of the molecule is O=C(OCC(=O)N1CCCC1)c1ccccc1Oc1ccccc1. The molecule has 1 amide bonds. The average molecular weight is 325 g/mol. The quantitative estimate of drug-likeness (QED) is 0.792. The minimum atomic E-state index is -0.561. The molecule has 24 heavy (non-hydrogen) atoms. The van der Waals surface area contributed by atoms with Crippen molar-refractivity contribution in [2.75, 3.05) is 19.7 Å². The number of carbonyl (C=O) groups is 2. The Balaban J connectivity index is 1.65. The highest BCUT2D eigenvalue weighted by Gasteiger charge is 2.21. The smallest absolute Gasteiger partial charge is 0.342 e. The molecule has 1 saturated heterocycles. The van der Waals surface area contributed by atoms with E-state index in [9.17, 15) is 9.59 Å². The summed E-state index contributed by atoms with van der Waals surface area (Å²) in [4.78, 5) is 26.0. The number of hydrogen-bond acceptors (Lipinski definition) is 4. The summed E-state index contributed by atoms with van der Waals surface area (Å²) in [5, 5.41) is 0. The summed E-state index contributed by atoms with van der Waals surface area (Å²) in [6, 6.07) is 16.0. The molecule has 2 aromatic carbocycles. The third-order valence-corrected chi connectivity index (χ3v) is 3.86. The highest BCUT2D eigenvalue weighted by molar-refractivity contribution is 5.94. The van der Waals surface area contributed by atoms with E-state index in [-0.39, 0.29) is 12.5 Å². The second kappa shape index (κ2) is 7.64. The van der Waals surface area contributed by atoms with Gasteiger partial charge in [-0.25, -0.2) is 4.79 Å². The zero-order valence-corrected chi connectivity index (χ0v) is 13.3. The summed E-state index contributed by atoms with van der Waals surface area (Å²) in [6.45, 7) is 1.24. The van der Waals surface area contributed by atoms with Gasteiger partial charge in [-0.05, 0) is 37.1 Å². The molecule has 0 saturated carbocycles. The van der Waals surface area contributed by atoms with Gasteiger partial charge < -0.3 is 14.4 Å². The van der Waals surface area contributed by atoms with E-state index in [0.717, 1.165) is 25.9 Å². The molecule has 1 aliphatic rings. The van der Waals surface area contributed by atoms with Crippen LogP contribution >= 0.6 is 0 Å². The van der Waals surface area contributed by atoms with Crippen LogP contribution in [0.4, 0.5) is 0 Å². The molecular formula is C19H19NO4. The van der Waals surface area contributed by atoms with Crippen molar-refractivity contribution >= 4 is 11.9 Å². The highest BCUT2D eigenvalue weighted by Crippen LogP contribution is 2.25. The van der Waals surface area contributed by atoms with Gasteiger partial charge in [0.15, 0.2) is 6.61 Å². The van der Waals surface area contributed by atoms with Crippen molar-refractivity contribution in [1.82, 2.24) is 4.90 Å². The topological polar surface area (TPSA) is 55.8 Å². The second-order valence-corrected chi connectivity index (χ2v) is 5.58. The Morgan fingerprint density at radius 2 is 1.58 bits per heavy atom. The second-order valence-electron chi connectivity index (χ2n) is 5.58. The number of hydrogen-bond donors (Lipinski definition) is 0. The largest absolute Gasteiger partial charge is 0.456 e. The monoisotopic (exact) mass is 325 g/mol. The Kier molecular flexibility index (Phi) is 5.11. The van der Waals surface area contributed by atoms with Gasteiger partial charge in [-0.3, -0.25) is 4.79 Å². The van der Waals surface area contributed by atoms with E-state index in [0.29, 0.717) is 17.1 Å². The molecule has 5 nitrogen and oxygen atoms in total. The predicted molar refractivity (Wildman–Crippen MR) is 89.1 cm³/mol. The molecule has 0 aromatic heterocycles. The number of carbonyl (C=O) groups excluding carboxylic acids is 2. The zero-order chi connectivity index (χ0) is 16.8. The Morgan fingerprint density at radius 1 is 0.917 bits per heavy atom. The van der Waals surface area contributed by atoms with Crippen molar-refractivity contribution in [3.63, 3.8) is 0 Å². The van der Waals surface area contributed by atoms with E-state index in [2.05, 4.69) is 0 Å². The number of amides is 1. The molecule has 0 bridgehead atoms. The van der Waals surface area contributed by atoms with Crippen molar-refractivity contribution in [2.45, 2.75) is 12.8 Å². The van der Waals surface area contributed by atoms with Gasteiger partial charge in [0, 0.05) is 13.1 Å². The van der Waals surface area contributed by atoms with Crippen LogP contribution in [0.2, 0.25) is 0 Å². The van der Waals surface area contributed by atoms with Gasteiger partial charge in [0.05, 0.1) is 0 Å². The van der Waals surface area contributed by atoms with E-state index in [1.165, 1.54) is 0 Å². The number of rotatable bonds is 5. The van der Waals surface area contributed by atoms with Gasteiger partial charge in [-0.15, -0.1) is 0 Å². The first-order chi connectivity index (χ1) is 11.7. The van der Waals surface area contributed by atoms with Crippen LogP contribution in [0.1, 0.15) is 23.2 Å². The van der Waals surface area contributed by atoms with E-state index in [4.69, 9.17) is 9.47 Å². The maximum Gasteiger partial charge on any atom is 0.342 e. The van der Waals surface area contributed by atoms with Crippen molar-refractivity contribution in [2.24, 2.45) is 0 Å². The van der Waals surface area contributed by atoms with Crippen molar-refractivity contribution < 1.29 is 19.1 Å². The number of likely N-dealkylation sites (tertiary alicyclic amines) is 1. The standard InChI is InChI=1S/C19H19NO4/c21-18(20-12-6-7-13-20)14-23-19(22)16-10-4-5-11-17(16)24-15-8-2-1-3-9-15/h1-5,8-11H,6-7,12-14H2. The first-order valence-corrected chi connectivity index (χ1v) is 8.01. The Labute approximate surface area is 140 Å². The molecular weight excluding hydrogens is 306 g/mol. The first-order valence-electron chi connectivity index (χ1n) is 8.01. The molecule has 0 spiro atoms. The molecule has 0 aliphatic carbocycles. The van der Waals surface area contributed by atoms with Gasteiger partial charge >= 0.3 is 5.97 Å². The Morgan fingerprint density at radius 3 is 2.33 bits per heavy atom. The van der Waals surface area contributed by atoms with Crippen molar-refractivity contribution in [3.8, 4) is 11.5 Å². The van der Waals surface area contributed by atoms with E-state index < -0.39 is 5.97 Å². The highest BCUT2D eigenvalue weighted by atomic mass is 16.5. The maximum atomic E-state index is 12.3. The van der Waals surface area contributed by atoms with Crippen LogP contribution in [0.3, 0.4) is 0 Å². The number of esters is 1. The number of benzene rings is 2. The summed E-state index contributed by atoms with van der Waals surface area (Å²) in [6.07, 6.45) is 2.01. The van der Waals surface area contributed by atoms with E-state index in [1.807, 2.05) is 18.2 Å². The lowest BCUT2D eigenvalue weighted by atomic mass is 10.2. The number of nitrogens with zero attached hydrogens (tertiary/aromatic N) is 1. The third kappa shape index (κ3) is 3.93.